The molecule has 158 valence electrons. The van der Waals surface area contributed by atoms with E-state index < -0.39 is 17.4 Å². The standard InChI is InChI=1S/C14H23.3C3H8N.Ti/c1-4-7-12-10-13(8-5-2)14(11-12)9-6-3;3*1-3-4-2;/h10-11H,4-9H2,1-3H3;3*3H2,1-2H3;/q;3*-1;+3. The van der Waals surface area contributed by atoms with Crippen molar-refractivity contribution in [2.45, 2.75) is 83.8 Å². The first-order valence-corrected chi connectivity index (χ1v) is 14.3. The zero-order valence-corrected chi connectivity index (χ0v) is 21.4. The summed E-state index contributed by atoms with van der Waals surface area (Å²) in [5, 5.41) is 0. The maximum atomic E-state index is 2.79. The number of allylic oxidation sites excluding steroid dienone is 4. The average molecular weight is 414 g/mol. The van der Waals surface area contributed by atoms with Gasteiger partial charge in [-0.25, -0.2) is 0 Å². The number of nitrogens with zero attached hydrogens (tertiary/aromatic N) is 3. The molecule has 0 N–H and O–H groups in total. The molecule has 27 heavy (non-hydrogen) atoms. The van der Waals surface area contributed by atoms with Gasteiger partial charge in [-0.05, 0) is 0 Å². The summed E-state index contributed by atoms with van der Waals surface area (Å²) in [4.78, 5) is 0. The topological polar surface area (TPSA) is 9.72 Å². The van der Waals surface area contributed by atoms with Gasteiger partial charge in [-0.1, -0.05) is 0 Å². The van der Waals surface area contributed by atoms with Gasteiger partial charge in [-0.2, -0.15) is 0 Å². The van der Waals surface area contributed by atoms with Crippen molar-refractivity contribution >= 4 is 0 Å². The molecule has 0 bridgehead atoms. The van der Waals surface area contributed by atoms with Crippen LogP contribution in [-0.4, -0.2) is 50.9 Å². The Labute approximate surface area is 175 Å². The molecule has 1 atom stereocenters. The number of hydrogen-bond acceptors (Lipinski definition) is 3. The zero-order chi connectivity index (χ0) is 20.7. The van der Waals surface area contributed by atoms with Gasteiger partial charge in [-0.15, -0.1) is 0 Å². The summed E-state index contributed by atoms with van der Waals surface area (Å²) in [6.45, 7) is 17.5. The molecule has 0 aromatic rings. The van der Waals surface area contributed by atoms with E-state index in [0.29, 0.717) is 0 Å². The summed E-state index contributed by atoms with van der Waals surface area (Å²) in [6.07, 6.45) is 12.8. The van der Waals surface area contributed by atoms with Crippen molar-refractivity contribution in [1.29, 1.82) is 0 Å². The van der Waals surface area contributed by atoms with Crippen LogP contribution in [0.4, 0.5) is 0 Å². The second kappa shape index (κ2) is 11.3. The van der Waals surface area contributed by atoms with E-state index in [-0.39, 0.29) is 3.72 Å². The molecule has 0 aliphatic heterocycles. The van der Waals surface area contributed by atoms with Gasteiger partial charge in [0.1, 0.15) is 0 Å². The monoisotopic (exact) mass is 413 g/mol. The summed E-state index contributed by atoms with van der Waals surface area (Å²) in [5.74, 6) is 0. The minimum atomic E-state index is -2.87. The molecule has 1 unspecified atom stereocenters. The fourth-order valence-electron chi connectivity index (χ4n) is 5.47. The Morgan fingerprint density at radius 2 is 1.22 bits per heavy atom. The van der Waals surface area contributed by atoms with E-state index in [0.717, 1.165) is 19.6 Å². The number of rotatable bonds is 13. The van der Waals surface area contributed by atoms with Crippen LogP contribution < -0.4 is 0 Å². The molecule has 0 spiro atoms. The molecule has 4 heteroatoms. The third-order valence-electron chi connectivity index (χ3n) is 6.69. The van der Waals surface area contributed by atoms with Gasteiger partial charge in [0, 0.05) is 0 Å². The fourth-order valence-corrected chi connectivity index (χ4v) is 15.9. The van der Waals surface area contributed by atoms with Crippen LogP contribution in [0.2, 0.25) is 3.72 Å². The molecule has 0 heterocycles. The van der Waals surface area contributed by atoms with Gasteiger partial charge in [0.25, 0.3) is 0 Å². The minimum absolute atomic E-state index is 0.232. The molecular weight excluding hydrogens is 366 g/mol. The van der Waals surface area contributed by atoms with Crippen molar-refractivity contribution in [3.8, 4) is 0 Å². The molecule has 0 saturated heterocycles. The van der Waals surface area contributed by atoms with E-state index in [1.165, 1.54) is 38.5 Å². The quantitative estimate of drug-likeness (QED) is 0.335. The molecule has 1 aliphatic carbocycles. The maximum absolute atomic E-state index is 2.87. The Kier molecular flexibility index (Phi) is 10.5. The Morgan fingerprint density at radius 1 is 0.741 bits per heavy atom. The van der Waals surface area contributed by atoms with Crippen molar-refractivity contribution in [3.63, 3.8) is 0 Å². The second-order valence-corrected chi connectivity index (χ2v) is 15.2. The molecule has 0 aromatic carbocycles. The molecule has 0 amide bonds. The van der Waals surface area contributed by atoms with Crippen molar-refractivity contribution in [3.05, 3.63) is 23.3 Å². The Balaban J connectivity index is 3.84. The van der Waals surface area contributed by atoms with E-state index in [2.05, 4.69) is 85.0 Å². The van der Waals surface area contributed by atoms with Crippen LogP contribution in [0.1, 0.15) is 80.1 Å². The SMILES string of the molecule is CCCC1=C[C](CCC)([Ti]([N](C)CC)([N](C)CC)[N](C)CC)C(CCC)=C1. The Hall–Kier alpha value is 0.0743. The van der Waals surface area contributed by atoms with Gasteiger partial charge in [-0.3, -0.25) is 0 Å². The van der Waals surface area contributed by atoms with Gasteiger partial charge in [0.2, 0.25) is 0 Å². The van der Waals surface area contributed by atoms with Gasteiger partial charge >= 0.3 is 175 Å². The molecule has 3 nitrogen and oxygen atoms in total. The second-order valence-electron chi connectivity index (χ2n) is 8.29. The predicted octanol–water partition coefficient (Wildman–Crippen LogP) is 6.17. The molecule has 0 aromatic heterocycles. The van der Waals surface area contributed by atoms with Gasteiger partial charge < -0.3 is 0 Å². The molecule has 1 aliphatic rings. The first-order valence-electron chi connectivity index (χ1n) is 11.4. The first kappa shape index (κ1) is 25.1. The summed E-state index contributed by atoms with van der Waals surface area (Å²) >= 11 is -2.87. The first-order chi connectivity index (χ1) is 12.9. The molecule has 0 fully saturated rings. The van der Waals surface area contributed by atoms with Gasteiger partial charge in [0.15, 0.2) is 0 Å². The molecule has 0 radical (unpaired) electrons. The normalized spacial score (nSPS) is 20.7. The summed E-state index contributed by atoms with van der Waals surface area (Å²) < 4.78 is 8.60. The van der Waals surface area contributed by atoms with E-state index in [1.807, 2.05) is 0 Å². The third kappa shape index (κ3) is 4.48. The van der Waals surface area contributed by atoms with E-state index in [4.69, 9.17) is 0 Å². The predicted molar refractivity (Wildman–Crippen MR) is 118 cm³/mol. The van der Waals surface area contributed by atoms with Crippen molar-refractivity contribution < 1.29 is 17.4 Å². The summed E-state index contributed by atoms with van der Waals surface area (Å²) in [6, 6.07) is 0. The molecule has 0 saturated carbocycles. The van der Waals surface area contributed by atoms with E-state index in [9.17, 15) is 0 Å². The van der Waals surface area contributed by atoms with Crippen molar-refractivity contribution in [2.75, 3.05) is 40.8 Å². The van der Waals surface area contributed by atoms with Crippen LogP contribution in [0.25, 0.3) is 0 Å². The van der Waals surface area contributed by atoms with Crippen LogP contribution in [0.15, 0.2) is 23.3 Å². The molecule has 1 rings (SSSR count). The Morgan fingerprint density at radius 3 is 1.59 bits per heavy atom. The summed E-state index contributed by atoms with van der Waals surface area (Å²) in [7, 11) is 7.22. The van der Waals surface area contributed by atoms with Crippen LogP contribution in [0.3, 0.4) is 0 Å². The third-order valence-corrected chi connectivity index (χ3v) is 16.1. The van der Waals surface area contributed by atoms with Crippen LogP contribution in [0.5, 0.6) is 0 Å². The van der Waals surface area contributed by atoms with Crippen molar-refractivity contribution in [1.82, 2.24) is 10.1 Å². The average Bonchev–Trinajstić information content (AvgIpc) is 3.00. The van der Waals surface area contributed by atoms with Gasteiger partial charge in [0.05, 0.1) is 0 Å². The number of hydrogen-bond donors (Lipinski definition) is 0. The van der Waals surface area contributed by atoms with E-state index in [1.54, 1.807) is 11.1 Å². The van der Waals surface area contributed by atoms with Crippen molar-refractivity contribution in [2.24, 2.45) is 0 Å². The van der Waals surface area contributed by atoms with Crippen LogP contribution in [-0.2, 0) is 17.4 Å². The van der Waals surface area contributed by atoms with Crippen LogP contribution >= 0.6 is 0 Å². The molecular formula is C23H47N3Ti. The van der Waals surface area contributed by atoms with E-state index >= 15 is 0 Å². The summed E-state index contributed by atoms with van der Waals surface area (Å²) in [5.41, 5.74) is 3.33. The zero-order valence-electron chi connectivity index (χ0n) is 19.9. The van der Waals surface area contributed by atoms with Crippen LogP contribution in [0, 0.1) is 0 Å². The Bertz CT molecular complexity index is 487. The fraction of sp³-hybridized carbons (Fsp3) is 0.826.